The Morgan fingerprint density at radius 3 is 1.07 bits per heavy atom. The van der Waals surface area contributed by atoms with Gasteiger partial charge in [-0.25, -0.2) is 44.7 Å². The summed E-state index contributed by atoms with van der Waals surface area (Å²) >= 11 is 0. The lowest BCUT2D eigenvalue weighted by Gasteiger charge is -2.13. The molecule has 0 radical (unpaired) electrons. The quantitative estimate of drug-likeness (QED) is 0.0683. The van der Waals surface area contributed by atoms with Crippen LogP contribution >= 0.6 is 0 Å². The number of hydrogen-bond donors (Lipinski definition) is 0. The normalized spacial score (nSPS) is 10.5. The van der Waals surface area contributed by atoms with Gasteiger partial charge in [0, 0.05) is 74.0 Å². The predicted molar refractivity (Wildman–Crippen MR) is 191 cm³/mol. The van der Waals surface area contributed by atoms with Gasteiger partial charge in [-0.05, 0) is 60.7 Å². The molecule has 0 bridgehead atoms. The summed E-state index contributed by atoms with van der Waals surface area (Å²) in [5.74, 6) is -5.75. The van der Waals surface area contributed by atoms with E-state index in [4.69, 9.17) is 9.47 Å². The molecular formula is C42H28F8N2O4. The highest BCUT2D eigenvalue weighted by Crippen LogP contribution is 2.25. The minimum atomic E-state index is -1.80. The average Bonchev–Trinajstić information content (AvgIpc) is 3.17. The molecular weight excluding hydrogens is 748 g/mol. The van der Waals surface area contributed by atoms with Crippen molar-refractivity contribution in [1.29, 1.82) is 0 Å². The fourth-order valence-electron chi connectivity index (χ4n) is 5.04. The second kappa shape index (κ2) is 17.1. The number of anilines is 2. The highest BCUT2D eigenvalue weighted by Gasteiger charge is 2.25. The van der Waals surface area contributed by atoms with Gasteiger partial charge in [-0.3, -0.25) is 0 Å². The van der Waals surface area contributed by atoms with E-state index < -0.39 is 93.9 Å². The van der Waals surface area contributed by atoms with Crippen molar-refractivity contribution in [1.82, 2.24) is 0 Å². The molecule has 5 rings (SSSR count). The van der Waals surface area contributed by atoms with E-state index in [0.717, 1.165) is 23.5 Å². The minimum absolute atomic E-state index is 0.0148. The lowest BCUT2D eigenvalue weighted by Crippen LogP contribution is -2.15. The summed E-state index contributed by atoms with van der Waals surface area (Å²) in [6, 6.07) is 15.5. The number of nitrogens with zero attached hydrogens (tertiary/aromatic N) is 2. The first-order valence-electron chi connectivity index (χ1n) is 16.3. The molecule has 0 aliphatic heterocycles. The molecule has 6 nitrogen and oxygen atoms in total. The maximum atomic E-state index is 14.4. The molecule has 0 spiro atoms. The van der Waals surface area contributed by atoms with Crippen LogP contribution in [-0.4, -0.2) is 40.1 Å². The molecule has 0 atom stereocenters. The number of benzene rings is 5. The van der Waals surface area contributed by atoms with Crippen molar-refractivity contribution in [2.45, 2.75) is 13.2 Å². The van der Waals surface area contributed by atoms with Crippen LogP contribution in [0.5, 0.6) is 0 Å². The third-order valence-corrected chi connectivity index (χ3v) is 8.15. The molecule has 0 N–H and O–H groups in total. The maximum Gasteiger partial charge on any atom is 0.339 e. The second-order valence-corrected chi connectivity index (χ2v) is 12.4. The zero-order chi connectivity index (χ0) is 40.8. The summed E-state index contributed by atoms with van der Waals surface area (Å²) in [7, 11) is 7.25. The monoisotopic (exact) mass is 776 g/mol. The standard InChI is InChI=1S/C42H28F8N2O4/c1-51(2)27-13-7-23(8-14-27)5-11-25-17-30(42(54)56-22-32-39(49)35(45)20-36(46)40(32)50)26(12-6-24-9-15-28(16-10-24)52(3)4)18-29(25)41(53)55-21-31-37(47)33(43)19-34(44)38(31)48/h7-10,13-20H,21-22H2,1-4H3. The van der Waals surface area contributed by atoms with Crippen LogP contribution in [0.15, 0.2) is 72.8 Å². The number of carbonyl (C=O) groups is 2. The zero-order valence-electron chi connectivity index (χ0n) is 29.9. The van der Waals surface area contributed by atoms with Crippen LogP contribution < -0.4 is 9.80 Å². The van der Waals surface area contributed by atoms with E-state index in [2.05, 4.69) is 23.7 Å². The molecule has 5 aromatic carbocycles. The fraction of sp³-hybridized carbons (Fsp3) is 0.143. The number of halogens is 8. The summed E-state index contributed by atoms with van der Waals surface area (Å²) in [5, 5.41) is 0. The summed E-state index contributed by atoms with van der Waals surface area (Å²) in [4.78, 5) is 30.8. The molecule has 5 aromatic rings. The van der Waals surface area contributed by atoms with Gasteiger partial charge in [-0.1, -0.05) is 23.7 Å². The Morgan fingerprint density at radius 1 is 0.482 bits per heavy atom. The molecule has 0 saturated carbocycles. The molecule has 0 aliphatic rings. The number of hydrogen-bond acceptors (Lipinski definition) is 6. The summed E-state index contributed by atoms with van der Waals surface area (Å²) in [5.41, 5.74) is -1.36. The third-order valence-electron chi connectivity index (χ3n) is 8.15. The van der Waals surface area contributed by atoms with Crippen LogP contribution in [-0.2, 0) is 22.7 Å². The Hall–Kier alpha value is -6.80. The van der Waals surface area contributed by atoms with E-state index >= 15 is 0 Å². The molecule has 14 heteroatoms. The highest BCUT2D eigenvalue weighted by molar-refractivity contribution is 5.98. The predicted octanol–water partition coefficient (Wildman–Crippen LogP) is 8.45. The summed E-state index contributed by atoms with van der Waals surface area (Å²) in [6.45, 7) is -2.54. The van der Waals surface area contributed by atoms with Gasteiger partial charge in [0.1, 0.15) is 13.2 Å². The lowest BCUT2D eigenvalue weighted by atomic mass is 9.97. The first-order chi connectivity index (χ1) is 26.5. The number of ether oxygens (including phenoxy) is 2. The van der Waals surface area contributed by atoms with Crippen molar-refractivity contribution < 1.29 is 54.2 Å². The second-order valence-electron chi connectivity index (χ2n) is 12.4. The molecule has 0 unspecified atom stereocenters. The van der Waals surface area contributed by atoms with Crippen LogP contribution in [0.2, 0.25) is 0 Å². The Labute approximate surface area is 315 Å². The molecule has 0 aromatic heterocycles. The summed E-state index contributed by atoms with van der Waals surface area (Å²) < 4.78 is 123. The molecule has 0 saturated heterocycles. The van der Waals surface area contributed by atoms with Crippen LogP contribution in [0.25, 0.3) is 0 Å². The smallest absolute Gasteiger partial charge is 0.339 e. The van der Waals surface area contributed by atoms with E-state index in [1.54, 1.807) is 48.5 Å². The molecule has 0 amide bonds. The van der Waals surface area contributed by atoms with Gasteiger partial charge in [-0.15, -0.1) is 0 Å². The van der Waals surface area contributed by atoms with E-state index in [1.165, 1.54) is 0 Å². The van der Waals surface area contributed by atoms with Gasteiger partial charge in [0.15, 0.2) is 46.5 Å². The van der Waals surface area contributed by atoms with E-state index in [-0.39, 0.29) is 23.3 Å². The van der Waals surface area contributed by atoms with Gasteiger partial charge in [0.25, 0.3) is 0 Å². The number of rotatable bonds is 8. The Morgan fingerprint density at radius 2 is 0.786 bits per heavy atom. The van der Waals surface area contributed by atoms with Crippen molar-refractivity contribution in [3.63, 3.8) is 0 Å². The SMILES string of the molecule is CN(C)c1ccc(C#Cc2cc(C(=O)OCc3c(F)c(F)cc(F)c3F)c(C#Cc3ccc(N(C)C)cc3)cc2C(=O)OCc2c(F)c(F)cc(F)c2F)cc1. The molecule has 56 heavy (non-hydrogen) atoms. The van der Waals surface area contributed by atoms with E-state index in [9.17, 15) is 44.7 Å². The van der Waals surface area contributed by atoms with Gasteiger partial charge in [0.2, 0.25) is 0 Å². The fourth-order valence-corrected chi connectivity index (χ4v) is 5.04. The number of carbonyl (C=O) groups excluding carboxylic acids is 2. The molecule has 0 heterocycles. The van der Waals surface area contributed by atoms with E-state index in [1.807, 2.05) is 38.0 Å². The van der Waals surface area contributed by atoms with Crippen molar-refractivity contribution in [3.8, 4) is 23.7 Å². The maximum absolute atomic E-state index is 14.4. The largest absolute Gasteiger partial charge is 0.457 e. The van der Waals surface area contributed by atoms with Crippen LogP contribution in [0, 0.1) is 70.2 Å². The summed E-state index contributed by atoms with van der Waals surface area (Å²) in [6.07, 6.45) is 0. The minimum Gasteiger partial charge on any atom is -0.457 e. The first-order valence-corrected chi connectivity index (χ1v) is 16.3. The molecule has 286 valence electrons. The van der Waals surface area contributed by atoms with Gasteiger partial charge < -0.3 is 19.3 Å². The molecule has 0 fully saturated rings. The number of esters is 2. The van der Waals surface area contributed by atoms with Gasteiger partial charge in [0.05, 0.1) is 22.3 Å². The first kappa shape index (κ1) is 40.4. The van der Waals surface area contributed by atoms with Crippen molar-refractivity contribution in [3.05, 3.63) is 164 Å². The van der Waals surface area contributed by atoms with Crippen molar-refractivity contribution >= 4 is 23.3 Å². The molecule has 0 aliphatic carbocycles. The highest BCUT2D eigenvalue weighted by atomic mass is 19.2. The van der Waals surface area contributed by atoms with Crippen molar-refractivity contribution in [2.75, 3.05) is 38.0 Å². The van der Waals surface area contributed by atoms with Gasteiger partial charge in [-0.2, -0.15) is 0 Å². The van der Waals surface area contributed by atoms with Crippen LogP contribution in [0.4, 0.5) is 46.5 Å². The lowest BCUT2D eigenvalue weighted by molar-refractivity contribution is 0.0447. The zero-order valence-corrected chi connectivity index (χ0v) is 29.9. The Balaban J connectivity index is 1.63. The van der Waals surface area contributed by atoms with E-state index in [0.29, 0.717) is 11.1 Å². The van der Waals surface area contributed by atoms with Crippen LogP contribution in [0.1, 0.15) is 54.1 Å². The topological polar surface area (TPSA) is 59.1 Å². The van der Waals surface area contributed by atoms with Crippen molar-refractivity contribution in [2.24, 2.45) is 0 Å². The average molecular weight is 777 g/mol. The Kier molecular flexibility index (Phi) is 12.3. The third kappa shape index (κ3) is 9.10. The van der Waals surface area contributed by atoms with Gasteiger partial charge >= 0.3 is 11.9 Å². The van der Waals surface area contributed by atoms with Crippen LogP contribution in [0.3, 0.4) is 0 Å². The Bertz CT molecular complexity index is 2240.